The molecule has 2 aliphatic rings. The molecule has 1 amide bonds. The average Bonchev–Trinajstić information content (AvgIpc) is 2.32. The van der Waals surface area contributed by atoms with Crippen molar-refractivity contribution in [2.24, 2.45) is 17.1 Å². The van der Waals surface area contributed by atoms with E-state index in [1.807, 2.05) is 0 Å². The van der Waals surface area contributed by atoms with Crippen molar-refractivity contribution in [3.63, 3.8) is 0 Å². The summed E-state index contributed by atoms with van der Waals surface area (Å²) < 4.78 is 0. The third-order valence-corrected chi connectivity index (χ3v) is 4.73. The fourth-order valence-corrected chi connectivity index (χ4v) is 3.30. The van der Waals surface area contributed by atoms with E-state index in [0.29, 0.717) is 6.54 Å². The van der Waals surface area contributed by atoms with Gasteiger partial charge in [-0.2, -0.15) is 0 Å². The highest BCUT2D eigenvalue weighted by atomic mass is 16.4. The predicted octanol–water partition coefficient (Wildman–Crippen LogP) is 1.27. The highest BCUT2D eigenvalue weighted by Crippen LogP contribution is 2.43. The van der Waals surface area contributed by atoms with E-state index in [2.05, 4.69) is 5.32 Å². The lowest BCUT2D eigenvalue weighted by Gasteiger charge is -2.41. The molecular formula is C14H24N2O3. The first-order valence-corrected chi connectivity index (χ1v) is 7.28. The maximum absolute atomic E-state index is 12.1. The van der Waals surface area contributed by atoms with Crippen LogP contribution in [0.2, 0.25) is 0 Å². The molecule has 108 valence electrons. The lowest BCUT2D eigenvalue weighted by atomic mass is 9.66. The second-order valence-electron chi connectivity index (χ2n) is 6.20. The first kappa shape index (κ1) is 14.3. The van der Waals surface area contributed by atoms with Gasteiger partial charge in [-0.05, 0) is 31.1 Å². The van der Waals surface area contributed by atoms with Crippen LogP contribution in [-0.2, 0) is 9.59 Å². The summed E-state index contributed by atoms with van der Waals surface area (Å²) >= 11 is 0. The Kier molecular flexibility index (Phi) is 4.45. The normalized spacial score (nSPS) is 29.3. The molecule has 0 aliphatic heterocycles. The molecule has 0 radical (unpaired) electrons. The minimum absolute atomic E-state index is 0.0175. The molecule has 5 nitrogen and oxygen atoms in total. The van der Waals surface area contributed by atoms with Crippen LogP contribution in [0.5, 0.6) is 0 Å². The zero-order valence-corrected chi connectivity index (χ0v) is 11.4. The molecule has 0 spiro atoms. The monoisotopic (exact) mass is 268 g/mol. The van der Waals surface area contributed by atoms with Gasteiger partial charge in [0, 0.05) is 12.6 Å². The van der Waals surface area contributed by atoms with Gasteiger partial charge in [-0.3, -0.25) is 9.59 Å². The average molecular weight is 268 g/mol. The van der Waals surface area contributed by atoms with Crippen molar-refractivity contribution in [2.45, 2.75) is 57.4 Å². The zero-order chi connectivity index (χ0) is 13.9. The van der Waals surface area contributed by atoms with Gasteiger partial charge in [-0.25, -0.2) is 0 Å². The largest absolute Gasteiger partial charge is 0.481 e. The van der Waals surface area contributed by atoms with Gasteiger partial charge >= 0.3 is 5.97 Å². The van der Waals surface area contributed by atoms with Crippen molar-refractivity contribution in [1.29, 1.82) is 0 Å². The Hall–Kier alpha value is -1.10. The standard InChI is InChI=1S/C14H24N2O3/c15-11-5-2-1-4-10(11)13(19)16-9-14(6-3-7-14)8-12(17)18/h10-11H,1-9,15H2,(H,16,19)(H,17,18). The van der Waals surface area contributed by atoms with Gasteiger partial charge in [0.25, 0.3) is 0 Å². The summed E-state index contributed by atoms with van der Waals surface area (Å²) in [5, 5.41) is 11.9. The lowest BCUT2D eigenvalue weighted by Crippen LogP contribution is -2.48. The zero-order valence-electron chi connectivity index (χ0n) is 11.4. The minimum atomic E-state index is -0.775. The number of carbonyl (C=O) groups excluding carboxylic acids is 1. The van der Waals surface area contributed by atoms with E-state index in [1.54, 1.807) is 0 Å². The number of hydrogen-bond donors (Lipinski definition) is 3. The molecule has 2 fully saturated rings. The summed E-state index contributed by atoms with van der Waals surface area (Å²) in [6.45, 7) is 0.487. The number of carbonyl (C=O) groups is 2. The summed E-state index contributed by atoms with van der Waals surface area (Å²) in [6, 6.07) is -0.0365. The van der Waals surface area contributed by atoms with Crippen LogP contribution in [0.3, 0.4) is 0 Å². The second kappa shape index (κ2) is 5.90. The molecule has 0 aromatic carbocycles. The SMILES string of the molecule is NC1CCCCC1C(=O)NCC1(CC(=O)O)CCC1. The third-order valence-electron chi connectivity index (χ3n) is 4.73. The Bertz CT molecular complexity index is 353. The van der Waals surface area contributed by atoms with Gasteiger partial charge in [0.1, 0.15) is 0 Å². The molecule has 2 atom stereocenters. The predicted molar refractivity (Wildman–Crippen MR) is 71.5 cm³/mol. The van der Waals surface area contributed by atoms with E-state index in [0.717, 1.165) is 44.9 Å². The summed E-state index contributed by atoms with van der Waals surface area (Å²) in [6.07, 6.45) is 6.96. The molecule has 2 aliphatic carbocycles. The Labute approximate surface area is 113 Å². The van der Waals surface area contributed by atoms with Crippen LogP contribution in [0, 0.1) is 11.3 Å². The summed E-state index contributed by atoms with van der Waals surface area (Å²) in [4.78, 5) is 23.0. The molecule has 0 aromatic heterocycles. The van der Waals surface area contributed by atoms with Crippen LogP contribution < -0.4 is 11.1 Å². The number of aliphatic carboxylic acids is 1. The first-order valence-electron chi connectivity index (χ1n) is 7.28. The number of carboxylic acids is 1. The fourth-order valence-electron chi connectivity index (χ4n) is 3.30. The molecule has 2 unspecified atom stereocenters. The van der Waals surface area contributed by atoms with Crippen LogP contribution in [0.15, 0.2) is 0 Å². The molecule has 19 heavy (non-hydrogen) atoms. The van der Waals surface area contributed by atoms with Gasteiger partial charge < -0.3 is 16.2 Å². The molecule has 2 rings (SSSR count). The van der Waals surface area contributed by atoms with E-state index in [1.165, 1.54) is 0 Å². The Morgan fingerprint density at radius 1 is 1.21 bits per heavy atom. The van der Waals surface area contributed by atoms with Gasteiger partial charge in [-0.1, -0.05) is 19.3 Å². The van der Waals surface area contributed by atoms with Gasteiger partial charge in [0.05, 0.1) is 12.3 Å². The number of nitrogens with two attached hydrogens (primary N) is 1. The number of hydrogen-bond acceptors (Lipinski definition) is 3. The lowest BCUT2D eigenvalue weighted by molar-refractivity contribution is -0.142. The molecule has 0 saturated heterocycles. The molecule has 0 heterocycles. The topological polar surface area (TPSA) is 92.4 Å². The Balaban J connectivity index is 1.83. The molecule has 0 aromatic rings. The van der Waals surface area contributed by atoms with Crippen LogP contribution in [0.4, 0.5) is 0 Å². The van der Waals surface area contributed by atoms with Crippen molar-refractivity contribution in [2.75, 3.05) is 6.54 Å². The first-order chi connectivity index (χ1) is 9.02. The van der Waals surface area contributed by atoms with E-state index < -0.39 is 5.97 Å². The van der Waals surface area contributed by atoms with E-state index >= 15 is 0 Å². The smallest absolute Gasteiger partial charge is 0.303 e. The van der Waals surface area contributed by atoms with Crippen molar-refractivity contribution in [3.8, 4) is 0 Å². The fraction of sp³-hybridized carbons (Fsp3) is 0.857. The number of amides is 1. The number of rotatable bonds is 5. The summed E-state index contributed by atoms with van der Waals surface area (Å²) in [5.41, 5.74) is 5.78. The van der Waals surface area contributed by atoms with E-state index in [-0.39, 0.29) is 29.7 Å². The van der Waals surface area contributed by atoms with Crippen molar-refractivity contribution >= 4 is 11.9 Å². The van der Waals surface area contributed by atoms with Crippen molar-refractivity contribution in [3.05, 3.63) is 0 Å². The van der Waals surface area contributed by atoms with E-state index in [9.17, 15) is 9.59 Å². The summed E-state index contributed by atoms with van der Waals surface area (Å²) in [5.74, 6) is -0.845. The van der Waals surface area contributed by atoms with Crippen molar-refractivity contribution < 1.29 is 14.7 Å². The number of nitrogens with one attached hydrogen (secondary N) is 1. The molecule has 0 bridgehead atoms. The van der Waals surface area contributed by atoms with Gasteiger partial charge in [-0.15, -0.1) is 0 Å². The maximum atomic E-state index is 12.1. The molecule has 4 N–H and O–H groups in total. The van der Waals surface area contributed by atoms with E-state index in [4.69, 9.17) is 10.8 Å². The van der Waals surface area contributed by atoms with Crippen LogP contribution in [0.1, 0.15) is 51.4 Å². The number of carboxylic acid groups (broad SMARTS) is 1. The third kappa shape index (κ3) is 3.47. The quantitative estimate of drug-likeness (QED) is 0.700. The maximum Gasteiger partial charge on any atom is 0.303 e. The highest BCUT2D eigenvalue weighted by molar-refractivity contribution is 5.79. The Morgan fingerprint density at radius 3 is 2.42 bits per heavy atom. The van der Waals surface area contributed by atoms with Gasteiger partial charge in [0.2, 0.25) is 5.91 Å². The minimum Gasteiger partial charge on any atom is -0.481 e. The summed E-state index contributed by atoms with van der Waals surface area (Å²) in [7, 11) is 0. The van der Waals surface area contributed by atoms with Crippen LogP contribution >= 0.6 is 0 Å². The van der Waals surface area contributed by atoms with Crippen LogP contribution in [0.25, 0.3) is 0 Å². The van der Waals surface area contributed by atoms with Gasteiger partial charge in [0.15, 0.2) is 0 Å². The Morgan fingerprint density at radius 2 is 1.89 bits per heavy atom. The highest BCUT2D eigenvalue weighted by Gasteiger charge is 2.40. The molecule has 2 saturated carbocycles. The van der Waals surface area contributed by atoms with Crippen LogP contribution in [-0.4, -0.2) is 29.6 Å². The molecule has 5 heteroatoms. The van der Waals surface area contributed by atoms with Crippen molar-refractivity contribution in [1.82, 2.24) is 5.32 Å². The second-order valence-corrected chi connectivity index (χ2v) is 6.20. The molecular weight excluding hydrogens is 244 g/mol.